The lowest BCUT2D eigenvalue weighted by molar-refractivity contribution is -0.122. The van der Waals surface area contributed by atoms with Crippen molar-refractivity contribution < 1.29 is 4.79 Å². The zero-order chi connectivity index (χ0) is 7.78. The van der Waals surface area contributed by atoms with E-state index in [1.54, 1.807) is 7.05 Å². The Bertz CT molecular complexity index is 176. The van der Waals surface area contributed by atoms with E-state index in [1.807, 2.05) is 6.08 Å². The van der Waals surface area contributed by atoms with Crippen molar-refractivity contribution in [1.82, 2.24) is 5.32 Å². The van der Waals surface area contributed by atoms with Gasteiger partial charge in [0.2, 0.25) is 5.91 Å². The number of rotatable bonds is 2. The Labute approximate surface area is 61.3 Å². The van der Waals surface area contributed by atoms with Crippen molar-refractivity contribution in [1.29, 1.82) is 0 Å². The Balaban J connectivity index is 2.52. The fraction of sp³-hybridized carbons (Fsp3) is 0.625. The summed E-state index contributed by atoms with van der Waals surface area (Å²) < 4.78 is 0. The Hall–Kier alpha value is -0.790. The molecule has 2 atom stereocenters. The van der Waals surface area contributed by atoms with Crippen molar-refractivity contribution in [2.45, 2.75) is 13.3 Å². The smallest absolute Gasteiger partial charge is 0.223 e. The molecule has 1 aliphatic carbocycles. The van der Waals surface area contributed by atoms with Gasteiger partial charge in [0.05, 0.1) is 0 Å². The molecular formula is C8H13NO. The second kappa shape index (κ2) is 2.11. The SMILES string of the molecule is C=CC1(C)CC1C(=O)NC. The van der Waals surface area contributed by atoms with Crippen LogP contribution < -0.4 is 5.32 Å². The predicted molar refractivity (Wildman–Crippen MR) is 40.5 cm³/mol. The highest BCUT2D eigenvalue weighted by Gasteiger charge is 2.51. The van der Waals surface area contributed by atoms with E-state index < -0.39 is 0 Å². The summed E-state index contributed by atoms with van der Waals surface area (Å²) >= 11 is 0. The molecule has 2 unspecified atom stereocenters. The zero-order valence-electron chi connectivity index (χ0n) is 6.48. The summed E-state index contributed by atoms with van der Waals surface area (Å²) in [4.78, 5) is 11.0. The maximum atomic E-state index is 11.0. The van der Waals surface area contributed by atoms with Crippen molar-refractivity contribution in [3.8, 4) is 0 Å². The van der Waals surface area contributed by atoms with Gasteiger partial charge in [0.15, 0.2) is 0 Å². The molecule has 10 heavy (non-hydrogen) atoms. The van der Waals surface area contributed by atoms with Gasteiger partial charge in [0, 0.05) is 13.0 Å². The van der Waals surface area contributed by atoms with Gasteiger partial charge in [-0.05, 0) is 11.8 Å². The maximum absolute atomic E-state index is 11.0. The molecule has 0 aromatic carbocycles. The summed E-state index contributed by atoms with van der Waals surface area (Å²) in [7, 11) is 1.67. The molecule has 1 rings (SSSR count). The first-order valence-electron chi connectivity index (χ1n) is 3.49. The molecule has 0 spiro atoms. The standard InChI is InChI=1S/C8H13NO/c1-4-8(2)5-6(8)7(10)9-3/h4,6H,1,5H2,2-3H3,(H,9,10). The molecule has 2 nitrogen and oxygen atoms in total. The highest BCUT2D eigenvalue weighted by atomic mass is 16.2. The summed E-state index contributed by atoms with van der Waals surface area (Å²) in [5.74, 6) is 0.317. The number of hydrogen-bond donors (Lipinski definition) is 1. The van der Waals surface area contributed by atoms with Crippen LogP contribution in [0.15, 0.2) is 12.7 Å². The Morgan fingerprint density at radius 3 is 2.80 bits per heavy atom. The van der Waals surface area contributed by atoms with Crippen LogP contribution in [0.2, 0.25) is 0 Å². The van der Waals surface area contributed by atoms with Gasteiger partial charge in [-0.25, -0.2) is 0 Å². The summed E-state index contributed by atoms with van der Waals surface area (Å²) in [5, 5.41) is 2.63. The molecular weight excluding hydrogens is 126 g/mol. The molecule has 0 saturated heterocycles. The van der Waals surface area contributed by atoms with Crippen molar-refractivity contribution in [2.24, 2.45) is 11.3 Å². The van der Waals surface area contributed by atoms with Gasteiger partial charge in [0.25, 0.3) is 0 Å². The van der Waals surface area contributed by atoms with Crippen molar-refractivity contribution in [3.63, 3.8) is 0 Å². The van der Waals surface area contributed by atoms with Crippen molar-refractivity contribution in [3.05, 3.63) is 12.7 Å². The predicted octanol–water partition coefficient (Wildman–Crippen LogP) is 0.945. The molecule has 0 bridgehead atoms. The number of carbonyl (C=O) groups is 1. The lowest BCUT2D eigenvalue weighted by Crippen LogP contribution is -2.21. The van der Waals surface area contributed by atoms with Crippen LogP contribution in [0.25, 0.3) is 0 Å². The summed E-state index contributed by atoms with van der Waals surface area (Å²) in [6.45, 7) is 5.74. The number of nitrogens with one attached hydrogen (secondary N) is 1. The third-order valence-corrected chi connectivity index (χ3v) is 2.31. The number of carbonyl (C=O) groups excluding carboxylic acids is 1. The number of hydrogen-bond acceptors (Lipinski definition) is 1. The first kappa shape index (κ1) is 7.32. The molecule has 1 N–H and O–H groups in total. The maximum Gasteiger partial charge on any atom is 0.223 e. The van der Waals surface area contributed by atoms with Gasteiger partial charge >= 0.3 is 0 Å². The van der Waals surface area contributed by atoms with Crippen LogP contribution in [0.5, 0.6) is 0 Å². The largest absolute Gasteiger partial charge is 0.359 e. The molecule has 0 aromatic heterocycles. The molecule has 0 aliphatic heterocycles. The van der Waals surface area contributed by atoms with Crippen LogP contribution in [0, 0.1) is 11.3 Å². The fourth-order valence-corrected chi connectivity index (χ4v) is 1.17. The third-order valence-electron chi connectivity index (χ3n) is 2.31. The average Bonchev–Trinajstić information content (AvgIpc) is 2.62. The first-order valence-corrected chi connectivity index (χ1v) is 3.49. The summed E-state index contributed by atoms with van der Waals surface area (Å²) in [5.41, 5.74) is 0.0834. The molecule has 1 aliphatic rings. The van der Waals surface area contributed by atoms with Crippen LogP contribution in [0.3, 0.4) is 0 Å². The van der Waals surface area contributed by atoms with Gasteiger partial charge in [-0.1, -0.05) is 13.0 Å². The second-order valence-corrected chi connectivity index (χ2v) is 3.08. The lowest BCUT2D eigenvalue weighted by atomic mass is 10.1. The first-order chi connectivity index (χ1) is 4.64. The van der Waals surface area contributed by atoms with E-state index in [2.05, 4.69) is 18.8 Å². The van der Waals surface area contributed by atoms with Crippen molar-refractivity contribution in [2.75, 3.05) is 7.05 Å². The molecule has 0 radical (unpaired) electrons. The molecule has 0 aromatic rings. The highest BCUT2D eigenvalue weighted by Crippen LogP contribution is 2.52. The average molecular weight is 139 g/mol. The monoisotopic (exact) mass is 139 g/mol. The van der Waals surface area contributed by atoms with Crippen molar-refractivity contribution >= 4 is 5.91 Å². The highest BCUT2D eigenvalue weighted by molar-refractivity contribution is 5.82. The van der Waals surface area contributed by atoms with Gasteiger partial charge in [-0.15, -0.1) is 6.58 Å². The minimum Gasteiger partial charge on any atom is -0.359 e. The van der Waals surface area contributed by atoms with Crippen LogP contribution in [-0.4, -0.2) is 13.0 Å². The molecule has 1 amide bonds. The summed E-state index contributed by atoms with van der Waals surface area (Å²) in [6, 6.07) is 0. The molecule has 1 fully saturated rings. The topological polar surface area (TPSA) is 29.1 Å². The fourth-order valence-electron chi connectivity index (χ4n) is 1.17. The Morgan fingerprint density at radius 1 is 1.90 bits per heavy atom. The minimum atomic E-state index is 0.0834. The van der Waals surface area contributed by atoms with Gasteiger partial charge in [-0.2, -0.15) is 0 Å². The van der Waals surface area contributed by atoms with E-state index in [9.17, 15) is 4.79 Å². The third kappa shape index (κ3) is 0.939. The van der Waals surface area contributed by atoms with E-state index >= 15 is 0 Å². The van der Waals surface area contributed by atoms with Gasteiger partial charge in [-0.3, -0.25) is 4.79 Å². The number of amides is 1. The minimum absolute atomic E-state index is 0.0834. The molecule has 0 heterocycles. The second-order valence-electron chi connectivity index (χ2n) is 3.08. The molecule has 2 heteroatoms. The van der Waals surface area contributed by atoms with E-state index in [0.717, 1.165) is 6.42 Å². The van der Waals surface area contributed by atoms with E-state index in [-0.39, 0.29) is 17.2 Å². The van der Waals surface area contributed by atoms with E-state index in [4.69, 9.17) is 0 Å². The van der Waals surface area contributed by atoms with Gasteiger partial charge < -0.3 is 5.32 Å². The quantitative estimate of drug-likeness (QED) is 0.567. The van der Waals surface area contributed by atoms with E-state index in [1.165, 1.54) is 0 Å². The normalized spacial score (nSPS) is 36.8. The van der Waals surface area contributed by atoms with Gasteiger partial charge in [0.1, 0.15) is 0 Å². The van der Waals surface area contributed by atoms with Crippen LogP contribution in [-0.2, 0) is 4.79 Å². The number of allylic oxidation sites excluding steroid dienone is 1. The lowest BCUT2D eigenvalue weighted by Gasteiger charge is -2.01. The molecule has 1 saturated carbocycles. The van der Waals surface area contributed by atoms with Crippen LogP contribution in [0.1, 0.15) is 13.3 Å². The van der Waals surface area contributed by atoms with E-state index in [0.29, 0.717) is 0 Å². The van der Waals surface area contributed by atoms with Crippen LogP contribution in [0.4, 0.5) is 0 Å². The zero-order valence-corrected chi connectivity index (χ0v) is 6.48. The molecule has 56 valence electrons. The van der Waals surface area contributed by atoms with Crippen LogP contribution >= 0.6 is 0 Å². The Kier molecular flexibility index (Phi) is 1.55. The Morgan fingerprint density at radius 2 is 2.50 bits per heavy atom. The summed E-state index contributed by atoms with van der Waals surface area (Å²) in [6.07, 6.45) is 2.82.